The average molecular weight is 572 g/mol. The van der Waals surface area contributed by atoms with Crippen LogP contribution < -0.4 is 10.1 Å². The van der Waals surface area contributed by atoms with E-state index < -0.39 is 11.2 Å². The molecule has 8 heteroatoms. The number of aryl methyl sites for hydroxylation is 1. The summed E-state index contributed by atoms with van der Waals surface area (Å²) in [5, 5.41) is 2.86. The van der Waals surface area contributed by atoms with Crippen molar-refractivity contribution in [2.45, 2.75) is 43.9 Å². The highest BCUT2D eigenvalue weighted by Crippen LogP contribution is 2.24. The van der Waals surface area contributed by atoms with Crippen LogP contribution in [0.5, 0.6) is 5.75 Å². The fourth-order valence-corrected chi connectivity index (χ4v) is 5.26. The predicted octanol–water partition coefficient (Wildman–Crippen LogP) is 6.73. The first kappa shape index (κ1) is 30.1. The van der Waals surface area contributed by atoms with Gasteiger partial charge in [0.15, 0.2) is 10.6 Å². The van der Waals surface area contributed by atoms with Crippen LogP contribution in [0.2, 0.25) is 0 Å². The molecule has 0 saturated heterocycles. The second-order valence-electron chi connectivity index (χ2n) is 9.47. The molecule has 0 aliphatic heterocycles. The number of hydrogen-bond donors (Lipinski definition) is 1. The molecular weight excluding hydrogens is 534 g/mol. The fourth-order valence-electron chi connectivity index (χ4n) is 4.15. The Morgan fingerprint density at radius 1 is 1.00 bits per heavy atom. The number of rotatable bonds is 15. The van der Waals surface area contributed by atoms with E-state index in [4.69, 9.17) is 9.47 Å². The summed E-state index contributed by atoms with van der Waals surface area (Å²) in [4.78, 5) is 17.4. The zero-order chi connectivity index (χ0) is 28.9. The zero-order valence-electron chi connectivity index (χ0n) is 23.6. The molecule has 1 aromatic heterocycles. The van der Waals surface area contributed by atoms with Crippen LogP contribution in [0.3, 0.4) is 0 Å². The number of aromatic nitrogens is 2. The van der Waals surface area contributed by atoms with E-state index in [0.717, 1.165) is 54.1 Å². The van der Waals surface area contributed by atoms with E-state index in [-0.39, 0.29) is 5.91 Å². The molecular formula is C33H37N3O4S. The maximum absolute atomic E-state index is 12.8. The van der Waals surface area contributed by atoms with E-state index in [1.165, 1.54) is 6.08 Å². The van der Waals surface area contributed by atoms with Gasteiger partial charge < -0.3 is 23.9 Å². The van der Waals surface area contributed by atoms with Gasteiger partial charge in [-0.05, 0) is 89.8 Å². The maximum Gasteiger partial charge on any atom is 0.248 e. The van der Waals surface area contributed by atoms with Gasteiger partial charge in [-0.2, -0.15) is 0 Å². The van der Waals surface area contributed by atoms with Crippen LogP contribution in [-0.4, -0.2) is 39.8 Å². The molecule has 0 spiro atoms. The molecule has 0 aliphatic carbocycles. The minimum absolute atomic E-state index is 0.240. The normalized spacial score (nSPS) is 12.0. The first-order valence-corrected chi connectivity index (χ1v) is 15.2. The van der Waals surface area contributed by atoms with Gasteiger partial charge in [-0.25, -0.2) is 4.98 Å². The monoisotopic (exact) mass is 571 g/mol. The Kier molecular flexibility index (Phi) is 11.6. The summed E-state index contributed by atoms with van der Waals surface area (Å²) < 4.78 is 26.0. The third-order valence-corrected chi connectivity index (χ3v) is 7.80. The van der Waals surface area contributed by atoms with Crippen molar-refractivity contribution in [3.8, 4) is 16.9 Å². The summed E-state index contributed by atoms with van der Waals surface area (Å²) in [5.74, 6) is 0.966. The van der Waals surface area contributed by atoms with Gasteiger partial charge in [-0.15, -0.1) is 0 Å². The molecule has 214 valence electrons. The number of nitrogens with zero attached hydrogens (tertiary/aromatic N) is 2. The standard InChI is InChI=1S/C33H37N3O4S/c1-3-5-19-39-20-21-40-31-14-10-27(11-15-31)28-8-6-7-26(22-28)9-18-33(37)35-29-12-16-32(17-13-29)41(38)24-30-23-34-25-36(30)4-2/h6-18,22-23,25H,3-5,19-21,24H2,1-2H3,(H,35,37)/b18-9+. The van der Waals surface area contributed by atoms with Crippen LogP contribution in [0.4, 0.5) is 5.69 Å². The van der Waals surface area contributed by atoms with Crippen LogP contribution in [0.25, 0.3) is 17.2 Å². The highest BCUT2D eigenvalue weighted by molar-refractivity contribution is 7.90. The van der Waals surface area contributed by atoms with Gasteiger partial charge in [-0.1, -0.05) is 43.7 Å². The SMILES string of the molecule is CCCCOCCOc1ccc(-c2cccc(/C=C/C(=O)Nc3ccc([S+]([O-])Cc4cncn4CC)cc3)c2)cc1. The molecule has 0 aliphatic rings. The summed E-state index contributed by atoms with van der Waals surface area (Å²) >= 11 is -1.20. The number of carbonyl (C=O) groups is 1. The van der Waals surface area contributed by atoms with Crippen molar-refractivity contribution < 1.29 is 18.8 Å². The van der Waals surface area contributed by atoms with Crippen molar-refractivity contribution in [2.24, 2.45) is 0 Å². The van der Waals surface area contributed by atoms with Crippen LogP contribution in [-0.2, 0) is 33.0 Å². The zero-order valence-corrected chi connectivity index (χ0v) is 24.4. The molecule has 41 heavy (non-hydrogen) atoms. The van der Waals surface area contributed by atoms with Crippen molar-refractivity contribution in [1.82, 2.24) is 9.55 Å². The molecule has 1 heterocycles. The minimum Gasteiger partial charge on any atom is -0.611 e. The molecule has 7 nitrogen and oxygen atoms in total. The van der Waals surface area contributed by atoms with Crippen molar-refractivity contribution in [2.75, 3.05) is 25.1 Å². The number of nitrogens with one attached hydrogen (secondary N) is 1. The Morgan fingerprint density at radius 2 is 1.80 bits per heavy atom. The number of ether oxygens (including phenoxy) is 2. The van der Waals surface area contributed by atoms with Gasteiger partial charge in [0, 0.05) is 24.9 Å². The lowest BCUT2D eigenvalue weighted by molar-refractivity contribution is -0.111. The first-order chi connectivity index (χ1) is 20.1. The van der Waals surface area contributed by atoms with Crippen molar-refractivity contribution in [3.05, 3.63) is 103 Å². The summed E-state index contributed by atoms with van der Waals surface area (Å²) in [6.45, 7) is 6.84. The second kappa shape index (κ2) is 15.8. The molecule has 1 amide bonds. The predicted molar refractivity (Wildman–Crippen MR) is 165 cm³/mol. The molecule has 4 rings (SSSR count). The molecule has 0 bridgehead atoms. The molecule has 0 radical (unpaired) electrons. The van der Waals surface area contributed by atoms with Crippen LogP contribution in [0.1, 0.15) is 37.9 Å². The van der Waals surface area contributed by atoms with E-state index >= 15 is 0 Å². The van der Waals surface area contributed by atoms with Gasteiger partial charge >= 0.3 is 0 Å². The van der Waals surface area contributed by atoms with Crippen molar-refractivity contribution in [3.63, 3.8) is 0 Å². The van der Waals surface area contributed by atoms with Crippen LogP contribution >= 0.6 is 0 Å². The summed E-state index contributed by atoms with van der Waals surface area (Å²) in [6, 6.07) is 23.1. The van der Waals surface area contributed by atoms with Gasteiger partial charge in [0.2, 0.25) is 5.91 Å². The second-order valence-corrected chi connectivity index (χ2v) is 10.9. The number of unbranched alkanes of at least 4 members (excludes halogenated alkanes) is 1. The van der Waals surface area contributed by atoms with Gasteiger partial charge in [0.1, 0.15) is 12.4 Å². The highest BCUT2D eigenvalue weighted by atomic mass is 32.2. The number of hydrogen-bond acceptors (Lipinski definition) is 5. The van der Waals surface area contributed by atoms with Gasteiger partial charge in [-0.3, -0.25) is 4.79 Å². The van der Waals surface area contributed by atoms with E-state index in [1.54, 1.807) is 42.9 Å². The van der Waals surface area contributed by atoms with Crippen LogP contribution in [0, 0.1) is 0 Å². The first-order valence-electron chi connectivity index (χ1n) is 13.9. The quantitative estimate of drug-likeness (QED) is 0.0972. The number of anilines is 1. The Labute approximate surface area is 245 Å². The Balaban J connectivity index is 1.27. The van der Waals surface area contributed by atoms with Crippen molar-refractivity contribution in [1.29, 1.82) is 0 Å². The molecule has 3 aromatic carbocycles. The fraction of sp³-hybridized carbons (Fsp3) is 0.273. The largest absolute Gasteiger partial charge is 0.611 e. The third kappa shape index (κ3) is 9.35. The summed E-state index contributed by atoms with van der Waals surface area (Å²) in [6.07, 6.45) is 8.98. The molecule has 4 aromatic rings. The number of carbonyl (C=O) groups excluding carboxylic acids is 1. The highest BCUT2D eigenvalue weighted by Gasteiger charge is 2.15. The number of benzene rings is 3. The minimum atomic E-state index is -1.20. The smallest absolute Gasteiger partial charge is 0.248 e. The van der Waals surface area contributed by atoms with Crippen LogP contribution in [0.15, 0.2) is 96.3 Å². The lowest BCUT2D eigenvalue weighted by Gasteiger charge is -2.12. The molecule has 0 saturated carbocycles. The lowest BCUT2D eigenvalue weighted by Crippen LogP contribution is -2.10. The topological polar surface area (TPSA) is 88.4 Å². The Morgan fingerprint density at radius 3 is 2.56 bits per heavy atom. The van der Waals surface area contributed by atoms with E-state index in [2.05, 4.69) is 17.2 Å². The van der Waals surface area contributed by atoms with E-state index in [0.29, 0.717) is 29.5 Å². The molecule has 1 atom stereocenters. The third-order valence-electron chi connectivity index (χ3n) is 6.44. The van der Waals surface area contributed by atoms with Gasteiger partial charge in [0.05, 0.1) is 24.8 Å². The van der Waals surface area contributed by atoms with Gasteiger partial charge in [0.25, 0.3) is 0 Å². The Bertz CT molecular complexity index is 1400. The number of imidazole rings is 1. The maximum atomic E-state index is 12.8. The molecule has 1 N–H and O–H groups in total. The Hall–Kier alpha value is -3.85. The molecule has 1 unspecified atom stereocenters. The lowest BCUT2D eigenvalue weighted by atomic mass is 10.0. The molecule has 0 fully saturated rings. The van der Waals surface area contributed by atoms with Crippen molar-refractivity contribution >= 4 is 28.8 Å². The summed E-state index contributed by atoms with van der Waals surface area (Å²) in [5.41, 5.74) is 4.60. The number of amides is 1. The van der Waals surface area contributed by atoms with E-state index in [9.17, 15) is 9.35 Å². The summed E-state index contributed by atoms with van der Waals surface area (Å²) in [7, 11) is 0. The average Bonchev–Trinajstić information content (AvgIpc) is 3.45. The van der Waals surface area contributed by atoms with E-state index in [1.807, 2.05) is 60.0 Å².